The first-order chi connectivity index (χ1) is 0. The fourth-order valence-electron chi connectivity index (χ4n) is 0. The molecule has 0 bridgehead atoms. The van der Waals surface area contributed by atoms with Crippen molar-refractivity contribution in [2.45, 2.75) is 0 Å². The molecule has 0 saturated heterocycles. The summed E-state index contributed by atoms with van der Waals surface area (Å²) < 4.78 is 0. The maximum Gasteiger partial charge on any atom is 0 e. The van der Waals surface area contributed by atoms with Crippen LogP contribution in [0, 0.1) is 0 Å². The van der Waals surface area contributed by atoms with Gasteiger partial charge in [-0.05, 0) is 0 Å². The minimum Gasteiger partial charge on any atom is 0 e. The fraction of sp³-hybridized carbons (Fsp3) is 0. The predicted octanol–water partition coefficient (Wildman–Crippen LogP) is -0.0125. The molecule has 0 rings (SSSR count). The van der Waals surface area contributed by atoms with Gasteiger partial charge in [0.15, 0.2) is 0 Å². The molecule has 0 aliphatic heterocycles. The van der Waals surface area contributed by atoms with Crippen LogP contribution in [0.25, 0.3) is 0 Å². The van der Waals surface area contributed by atoms with Crippen LogP contribution >= 0.6 is 0 Å². The molecule has 0 nitrogen and oxygen atoms in total. The zero-order valence-electron chi connectivity index (χ0n) is 2.44. The summed E-state index contributed by atoms with van der Waals surface area (Å²) in [6, 6.07) is 0. The van der Waals surface area contributed by atoms with Crippen LogP contribution in [0.4, 0.5) is 0 Å². The number of rotatable bonds is 0. The molecule has 0 saturated carbocycles. The van der Waals surface area contributed by atoms with E-state index in [0.717, 1.165) is 0 Å². The van der Waals surface area contributed by atoms with E-state index in [1.165, 1.54) is 0 Å². The van der Waals surface area contributed by atoms with Crippen molar-refractivity contribution in [3.8, 4) is 0 Å². The van der Waals surface area contributed by atoms with Crippen molar-refractivity contribution in [1.82, 2.24) is 0 Å². The number of hydrogen-bond acceptors (Lipinski definition) is 0. The average Bonchev–Trinajstić information content (AvgIpc) is 0. The summed E-state index contributed by atoms with van der Waals surface area (Å²) >= 11 is 0. The molecule has 31 valence electrons. The zero-order chi connectivity index (χ0) is 0. The summed E-state index contributed by atoms with van der Waals surface area (Å²) in [6.07, 6.45) is 0. The summed E-state index contributed by atoms with van der Waals surface area (Å²) in [5.41, 5.74) is 0. The smallest absolute Gasteiger partial charge is 0 e. The van der Waals surface area contributed by atoms with Crippen LogP contribution in [-0.4, -0.2) is 0 Å². The Bertz CT molecular complexity index is 11.6. The third-order valence-electron chi connectivity index (χ3n) is 0. The van der Waals surface area contributed by atoms with E-state index >= 15 is 0 Å². The molecule has 0 aromatic rings. The second kappa shape index (κ2) is 27.5. The standard InChI is InChI=1S/Cr.Cu.Hg.Ni.Zn. The van der Waals surface area contributed by atoms with Crippen LogP contribution in [0.2, 0.25) is 0 Å². The fourth-order valence-corrected chi connectivity index (χ4v) is 0. The summed E-state index contributed by atoms with van der Waals surface area (Å²) in [7, 11) is 0. The van der Waals surface area contributed by atoms with Crippen LogP contribution < -0.4 is 0 Å². The van der Waals surface area contributed by atoms with Gasteiger partial charge in [0.05, 0.1) is 0 Å². The van der Waals surface area contributed by atoms with Crippen LogP contribution in [0.3, 0.4) is 0 Å². The van der Waals surface area contributed by atoms with Crippen molar-refractivity contribution in [1.29, 1.82) is 0 Å². The monoisotopic (exact) mass is 439 g/mol. The van der Waals surface area contributed by atoms with Gasteiger partial charge < -0.3 is 0 Å². The molecule has 0 unspecified atom stereocenters. The second-order valence-electron chi connectivity index (χ2n) is 0. The molecule has 0 aliphatic rings. The molecule has 0 N–H and O–H groups in total. The van der Waals surface area contributed by atoms with E-state index in [2.05, 4.69) is 0 Å². The second-order valence-corrected chi connectivity index (χ2v) is 0. The molecule has 0 aliphatic carbocycles. The van der Waals surface area contributed by atoms with Crippen molar-refractivity contribution >= 4 is 0 Å². The third kappa shape index (κ3) is 19.2. The molecular weight excluding hydrogens is 440 g/mol. The van der Waals surface area contributed by atoms with E-state index in [4.69, 9.17) is 0 Å². The van der Waals surface area contributed by atoms with Gasteiger partial charge >= 0.3 is 0 Å². The van der Waals surface area contributed by atoms with E-state index in [-0.39, 0.29) is 98.1 Å². The van der Waals surface area contributed by atoms with Crippen LogP contribution in [0.5, 0.6) is 0 Å². The molecule has 0 aromatic carbocycles. The van der Waals surface area contributed by atoms with Crippen molar-refractivity contribution < 1.29 is 98.1 Å². The zero-order valence-corrected chi connectivity index (χ0v) is 14.1. The van der Waals surface area contributed by atoms with Gasteiger partial charge in [-0.25, -0.2) is 0 Å². The SMILES string of the molecule is [Cr].[Cu].[Hg].[Ni].[Zn]. The van der Waals surface area contributed by atoms with Gasteiger partial charge in [0.1, 0.15) is 0 Å². The molecular formula is CrCuHgNiZn. The molecule has 0 atom stereocenters. The summed E-state index contributed by atoms with van der Waals surface area (Å²) in [5.74, 6) is 0. The first-order valence-electron chi connectivity index (χ1n) is 0. The Morgan fingerprint density at radius 1 is 1.00 bits per heavy atom. The van der Waals surface area contributed by atoms with Gasteiger partial charge in [-0.2, -0.15) is 0 Å². The van der Waals surface area contributed by atoms with Crippen molar-refractivity contribution in [2.75, 3.05) is 0 Å². The Morgan fingerprint density at radius 3 is 1.00 bits per heavy atom. The normalized spacial score (nSPS) is 0. The van der Waals surface area contributed by atoms with Gasteiger partial charge in [-0.15, -0.1) is 0 Å². The molecule has 0 spiro atoms. The van der Waals surface area contributed by atoms with E-state index < -0.39 is 0 Å². The van der Waals surface area contributed by atoms with Crippen LogP contribution in [0.15, 0.2) is 0 Å². The van der Waals surface area contributed by atoms with E-state index in [1.807, 2.05) is 0 Å². The Hall–Kier alpha value is 3.10. The predicted molar refractivity (Wildman–Crippen MR) is 0 cm³/mol. The third-order valence-corrected chi connectivity index (χ3v) is 0. The van der Waals surface area contributed by atoms with Gasteiger partial charge in [0.2, 0.25) is 0 Å². The Labute approximate surface area is 96.4 Å². The summed E-state index contributed by atoms with van der Waals surface area (Å²) in [5, 5.41) is 0. The van der Waals surface area contributed by atoms with E-state index in [0.29, 0.717) is 0 Å². The molecule has 0 amide bonds. The van der Waals surface area contributed by atoms with E-state index in [1.54, 1.807) is 0 Å². The molecule has 1 radical (unpaired) electrons. The van der Waals surface area contributed by atoms with Crippen molar-refractivity contribution in [3.05, 3.63) is 0 Å². The van der Waals surface area contributed by atoms with Crippen molar-refractivity contribution in [3.63, 3.8) is 0 Å². The van der Waals surface area contributed by atoms with Gasteiger partial charge in [0.25, 0.3) is 0 Å². The quantitative estimate of drug-likeness (QED) is 0.465. The Kier molecular flexibility index (Phi) is 233. The Balaban J connectivity index is 0. The molecule has 0 aromatic heterocycles. The minimum atomic E-state index is 0. The largest absolute Gasteiger partial charge is 0 e. The molecule has 0 heterocycles. The number of hydrogen-bond donors (Lipinski definition) is 0. The molecule has 5 heteroatoms. The average molecular weight is 440 g/mol. The summed E-state index contributed by atoms with van der Waals surface area (Å²) in [6.45, 7) is 0. The molecule has 5 heavy (non-hydrogen) atoms. The van der Waals surface area contributed by atoms with Crippen LogP contribution in [0.1, 0.15) is 0 Å². The first-order valence-corrected chi connectivity index (χ1v) is 0. The summed E-state index contributed by atoms with van der Waals surface area (Å²) in [4.78, 5) is 0. The maximum absolute atomic E-state index is 0. The first kappa shape index (κ1) is 42.4. The minimum absolute atomic E-state index is 0. The van der Waals surface area contributed by atoms with Gasteiger partial charge in [-0.1, -0.05) is 0 Å². The Morgan fingerprint density at radius 2 is 1.00 bits per heavy atom. The maximum atomic E-state index is 0. The van der Waals surface area contributed by atoms with Crippen LogP contribution in [-0.2, 0) is 98.1 Å². The van der Waals surface area contributed by atoms with Gasteiger partial charge in [-0.3, -0.25) is 0 Å². The van der Waals surface area contributed by atoms with E-state index in [9.17, 15) is 0 Å². The van der Waals surface area contributed by atoms with Crippen molar-refractivity contribution in [2.24, 2.45) is 0 Å². The molecule has 0 fully saturated rings. The van der Waals surface area contributed by atoms with Gasteiger partial charge in [0, 0.05) is 98.1 Å². The topological polar surface area (TPSA) is 0 Å².